The zero-order valence-corrected chi connectivity index (χ0v) is 20.5. The van der Waals surface area contributed by atoms with Gasteiger partial charge in [0.15, 0.2) is 0 Å². The molecule has 0 saturated heterocycles. The number of hydrogen-bond acceptors (Lipinski definition) is 2. The third-order valence-electron chi connectivity index (χ3n) is 4.64. The Hall–Kier alpha value is 0.121. The number of rotatable bonds is 4. The summed E-state index contributed by atoms with van der Waals surface area (Å²) in [5.41, 5.74) is 2.42. The normalized spacial score (nSPS) is 11.2. The molecule has 0 N–H and O–H groups in total. The largest absolute Gasteiger partial charge is 1.00 e. The van der Waals surface area contributed by atoms with Crippen LogP contribution in [0, 0.1) is 0 Å². The van der Waals surface area contributed by atoms with E-state index in [1.165, 1.54) is 20.5 Å². The molecule has 2 aromatic carbocycles. The summed E-state index contributed by atoms with van der Waals surface area (Å²) in [4.78, 5) is 0. The zero-order chi connectivity index (χ0) is 17.3. The van der Waals surface area contributed by atoms with E-state index in [-0.39, 0.29) is 51.4 Å². The zero-order valence-electron chi connectivity index (χ0n) is 14.2. The predicted octanol–water partition coefficient (Wildman–Crippen LogP) is 1.50. The Morgan fingerprint density at radius 3 is 1.42 bits per heavy atom. The molecule has 0 saturated carbocycles. The molecule has 124 valence electrons. The smallest absolute Gasteiger partial charge is 0.192 e. The van der Waals surface area contributed by atoms with E-state index >= 15 is 0 Å². The Balaban J connectivity index is 0.00000196. The van der Waals surface area contributed by atoms with Crippen LogP contribution in [-0.4, -0.2) is 6.15 Å². The summed E-state index contributed by atoms with van der Waals surface area (Å²) in [7, 11) is 0. The van der Waals surface area contributed by atoms with Crippen LogP contribution in [0.3, 0.4) is 0 Å². The average molecular weight is 439 g/mol. The Labute approximate surface area is 214 Å². The third kappa shape index (κ3) is 3.82. The Morgan fingerprint density at radius 2 is 1.08 bits per heavy atom. The monoisotopic (exact) mass is 438 g/mol. The second kappa shape index (κ2) is 9.08. The van der Waals surface area contributed by atoms with E-state index in [1.54, 1.807) is 22.7 Å². The van der Waals surface area contributed by atoms with Gasteiger partial charge in [-0.2, -0.15) is 33.6 Å². The van der Waals surface area contributed by atoms with E-state index in [0.29, 0.717) is 0 Å². The van der Waals surface area contributed by atoms with Crippen LogP contribution in [0.15, 0.2) is 83.6 Å². The van der Waals surface area contributed by atoms with Crippen LogP contribution in [0.1, 0.15) is 0 Å². The molecule has 4 aromatic rings. The molecule has 0 nitrogen and oxygen atoms in total. The SMILES string of the molecule is Clc1cccc([B-](c2cccc(Cl)c2)(c2cccs2)c2cccs2)c1.[K+]. The topological polar surface area (TPSA) is 0 Å². The van der Waals surface area contributed by atoms with Gasteiger partial charge in [-0.25, -0.2) is 0 Å². The minimum absolute atomic E-state index is 0. The van der Waals surface area contributed by atoms with Gasteiger partial charge in [0.25, 0.3) is 0 Å². The van der Waals surface area contributed by atoms with Crippen LogP contribution in [0.4, 0.5) is 0 Å². The summed E-state index contributed by atoms with van der Waals surface area (Å²) in [5.74, 6) is 0. The maximum absolute atomic E-state index is 6.38. The van der Waals surface area contributed by atoms with Crippen molar-refractivity contribution in [1.29, 1.82) is 0 Å². The van der Waals surface area contributed by atoms with E-state index in [9.17, 15) is 0 Å². The van der Waals surface area contributed by atoms with Crippen molar-refractivity contribution < 1.29 is 51.4 Å². The molecular weight excluding hydrogens is 425 g/mol. The van der Waals surface area contributed by atoms with Crippen molar-refractivity contribution in [3.05, 3.63) is 93.6 Å². The Kier molecular flexibility index (Phi) is 7.28. The first-order chi connectivity index (χ1) is 12.2. The minimum atomic E-state index is -1.31. The van der Waals surface area contributed by atoms with Gasteiger partial charge in [0.1, 0.15) is 6.15 Å². The Morgan fingerprint density at radius 1 is 0.615 bits per heavy atom. The summed E-state index contributed by atoms with van der Waals surface area (Å²) in [6.07, 6.45) is -1.31. The summed E-state index contributed by atoms with van der Waals surface area (Å²) < 4.78 is 2.62. The standard InChI is InChI=1S/C20H14BCl2S2.K/c22-17-7-1-5-15(13-17)21(19-9-3-11-24-19,20-10-4-12-25-20)16-6-2-8-18(23)14-16;/h1-14H;/q-1;+1. The van der Waals surface area contributed by atoms with Gasteiger partial charge in [0, 0.05) is 10.0 Å². The summed E-state index contributed by atoms with van der Waals surface area (Å²) in [6.45, 7) is 0. The van der Waals surface area contributed by atoms with E-state index in [2.05, 4.69) is 59.3 Å². The molecule has 0 aliphatic carbocycles. The van der Waals surface area contributed by atoms with Crippen molar-refractivity contribution >= 4 is 72.5 Å². The van der Waals surface area contributed by atoms with Crippen molar-refractivity contribution in [2.75, 3.05) is 0 Å². The second-order valence-corrected chi connectivity index (χ2v) is 8.84. The molecule has 0 aliphatic rings. The van der Waals surface area contributed by atoms with Crippen molar-refractivity contribution in [2.24, 2.45) is 0 Å². The molecule has 0 unspecified atom stereocenters. The van der Waals surface area contributed by atoms with Gasteiger partial charge in [-0.15, -0.1) is 9.55 Å². The van der Waals surface area contributed by atoms with Crippen LogP contribution in [0.5, 0.6) is 0 Å². The van der Waals surface area contributed by atoms with E-state index < -0.39 is 6.15 Å². The quantitative estimate of drug-likeness (QED) is 0.423. The molecule has 26 heavy (non-hydrogen) atoms. The molecule has 2 heterocycles. The molecule has 6 heteroatoms. The van der Waals surface area contributed by atoms with Gasteiger partial charge in [-0.05, 0) is 22.9 Å². The summed E-state index contributed by atoms with van der Waals surface area (Å²) in [6, 6.07) is 25.1. The van der Waals surface area contributed by atoms with Gasteiger partial charge in [-0.1, -0.05) is 83.9 Å². The first-order valence-electron chi connectivity index (χ1n) is 7.97. The fourth-order valence-electron chi connectivity index (χ4n) is 3.62. The Bertz CT molecular complexity index is 903. The van der Waals surface area contributed by atoms with Gasteiger partial charge >= 0.3 is 51.4 Å². The van der Waals surface area contributed by atoms with E-state index in [0.717, 1.165) is 10.0 Å². The number of thiophene rings is 2. The van der Waals surface area contributed by atoms with Gasteiger partial charge in [-0.3, -0.25) is 0 Å². The predicted molar refractivity (Wildman–Crippen MR) is 116 cm³/mol. The van der Waals surface area contributed by atoms with Crippen LogP contribution in [0.2, 0.25) is 10.0 Å². The molecule has 0 atom stereocenters. The molecule has 0 aliphatic heterocycles. The molecule has 4 rings (SSSR count). The third-order valence-corrected chi connectivity index (χ3v) is 7.22. The number of halogens is 2. The van der Waals surface area contributed by atoms with Crippen LogP contribution in [0.25, 0.3) is 0 Å². The summed E-state index contributed by atoms with van der Waals surface area (Å²) >= 11 is 16.3. The maximum Gasteiger partial charge on any atom is 1.00 e. The van der Waals surface area contributed by atoms with Gasteiger partial charge in [0.05, 0.1) is 0 Å². The van der Waals surface area contributed by atoms with Crippen molar-refractivity contribution in [3.8, 4) is 0 Å². The number of benzene rings is 2. The molecule has 0 fully saturated rings. The molecule has 0 bridgehead atoms. The van der Waals surface area contributed by atoms with Crippen molar-refractivity contribution in [1.82, 2.24) is 0 Å². The first kappa shape index (κ1) is 20.8. The van der Waals surface area contributed by atoms with E-state index in [4.69, 9.17) is 23.2 Å². The molecule has 2 aromatic heterocycles. The number of hydrogen-bond donors (Lipinski definition) is 0. The molecule has 0 amide bonds. The first-order valence-corrected chi connectivity index (χ1v) is 10.5. The maximum atomic E-state index is 6.38. The average Bonchev–Trinajstić information content (AvgIpc) is 3.30. The van der Waals surface area contributed by atoms with Crippen molar-refractivity contribution in [3.63, 3.8) is 0 Å². The van der Waals surface area contributed by atoms with Crippen LogP contribution < -0.4 is 71.9 Å². The molecule has 0 radical (unpaired) electrons. The minimum Gasteiger partial charge on any atom is -0.192 e. The van der Waals surface area contributed by atoms with Crippen LogP contribution >= 0.6 is 45.9 Å². The van der Waals surface area contributed by atoms with E-state index in [1.807, 2.05) is 24.3 Å². The van der Waals surface area contributed by atoms with Gasteiger partial charge in [0.2, 0.25) is 0 Å². The summed E-state index contributed by atoms with van der Waals surface area (Å²) in [5, 5.41) is 5.76. The second-order valence-electron chi connectivity index (χ2n) is 6.01. The fraction of sp³-hybridized carbons (Fsp3) is 0. The fourth-order valence-corrected chi connectivity index (χ4v) is 6.24. The van der Waals surface area contributed by atoms with Crippen LogP contribution in [-0.2, 0) is 0 Å². The van der Waals surface area contributed by atoms with Gasteiger partial charge < -0.3 is 0 Å². The van der Waals surface area contributed by atoms with Crippen molar-refractivity contribution in [2.45, 2.75) is 0 Å². The molecule has 0 spiro atoms. The molecular formula is C20H14BCl2KS2.